The molecule has 0 aliphatic heterocycles. The number of sulfonamides is 1. The van der Waals surface area contributed by atoms with Crippen LogP contribution in [0, 0.1) is 0 Å². The first-order valence-corrected chi connectivity index (χ1v) is 10.1. The number of carbonyl (C=O) groups excluding carboxylic acids is 1. The molecule has 0 atom stereocenters. The second-order valence-corrected chi connectivity index (χ2v) is 7.85. The van der Waals surface area contributed by atoms with E-state index in [1.54, 1.807) is 6.07 Å². The van der Waals surface area contributed by atoms with Crippen LogP contribution in [0.25, 0.3) is 22.2 Å². The summed E-state index contributed by atoms with van der Waals surface area (Å²) in [7, 11) is -3.92. The van der Waals surface area contributed by atoms with Gasteiger partial charge in [-0.05, 0) is 28.1 Å². The average Bonchev–Trinajstić information content (AvgIpc) is 3.21. The van der Waals surface area contributed by atoms with Crippen molar-refractivity contribution in [2.24, 2.45) is 0 Å². The fourth-order valence-electron chi connectivity index (χ4n) is 2.70. The van der Waals surface area contributed by atoms with Crippen molar-refractivity contribution in [1.29, 1.82) is 0 Å². The number of hydrogen-bond donors (Lipinski definition) is 2. The second-order valence-electron chi connectivity index (χ2n) is 6.17. The fraction of sp³-hybridized carbons (Fsp3) is 0.0526. The number of fused-ring (bicyclic) bond motifs is 1. The Morgan fingerprint density at radius 2 is 1.66 bits per heavy atom. The lowest BCUT2D eigenvalue weighted by molar-refractivity contribution is -0.122. The highest BCUT2D eigenvalue weighted by molar-refractivity contribution is 7.89. The number of nitrogens with one attached hydrogen (secondary N) is 2. The van der Waals surface area contributed by atoms with E-state index in [1.807, 2.05) is 54.6 Å². The molecule has 10 heteroatoms. The van der Waals surface area contributed by atoms with Crippen LogP contribution in [-0.4, -0.2) is 34.5 Å². The molecule has 0 unspecified atom stereocenters. The largest absolute Gasteiger partial charge is 0.276 e. The van der Waals surface area contributed by atoms with Crippen molar-refractivity contribution in [2.45, 2.75) is 11.4 Å². The monoisotopic (exact) mass is 408 g/mol. The van der Waals surface area contributed by atoms with Gasteiger partial charge in [-0.2, -0.15) is 4.80 Å². The molecule has 0 aliphatic rings. The van der Waals surface area contributed by atoms with E-state index < -0.39 is 15.9 Å². The molecule has 4 aromatic rings. The summed E-state index contributed by atoms with van der Waals surface area (Å²) < 4.78 is 24.9. The van der Waals surface area contributed by atoms with Gasteiger partial charge in [-0.3, -0.25) is 10.2 Å². The number of hydrazine groups is 1. The number of rotatable bonds is 6. The molecule has 0 aliphatic carbocycles. The third kappa shape index (κ3) is 4.28. The molecule has 0 saturated carbocycles. The lowest BCUT2D eigenvalue weighted by Gasteiger charge is -2.09. The molecule has 0 spiro atoms. The summed E-state index contributed by atoms with van der Waals surface area (Å²) in [5.41, 5.74) is 2.92. The number of aromatic nitrogens is 4. The van der Waals surface area contributed by atoms with Crippen molar-refractivity contribution in [1.82, 2.24) is 30.5 Å². The highest BCUT2D eigenvalue weighted by atomic mass is 32.2. The minimum absolute atomic E-state index is 0.0433. The Hall–Kier alpha value is -3.63. The minimum Gasteiger partial charge on any atom is -0.276 e. The van der Waals surface area contributed by atoms with Crippen molar-refractivity contribution >= 4 is 26.7 Å². The van der Waals surface area contributed by atoms with Gasteiger partial charge < -0.3 is 0 Å². The molecule has 2 N–H and O–H groups in total. The zero-order valence-corrected chi connectivity index (χ0v) is 15.9. The van der Waals surface area contributed by atoms with Gasteiger partial charge in [-0.25, -0.2) is 8.42 Å². The summed E-state index contributed by atoms with van der Waals surface area (Å²) in [6.45, 7) is -0.292. The van der Waals surface area contributed by atoms with E-state index in [0.29, 0.717) is 5.82 Å². The molecule has 0 fully saturated rings. The summed E-state index contributed by atoms with van der Waals surface area (Å²) in [6.07, 6.45) is 0. The van der Waals surface area contributed by atoms with E-state index in [4.69, 9.17) is 0 Å². The van der Waals surface area contributed by atoms with Gasteiger partial charge in [-0.15, -0.1) is 15.0 Å². The molecule has 146 valence electrons. The van der Waals surface area contributed by atoms with Crippen LogP contribution in [0.4, 0.5) is 0 Å². The van der Waals surface area contributed by atoms with E-state index >= 15 is 0 Å². The molecular formula is C19H16N6O3S. The standard InChI is InChI=1S/C19H16N6O3S/c26-18(13-25-22-19(21-23-25)15-7-2-1-3-8-15)20-24-29(27,28)17-11-10-14-6-4-5-9-16(14)12-17/h1-12,24H,13H2,(H,20,26). The van der Waals surface area contributed by atoms with Gasteiger partial charge in [0.25, 0.3) is 15.9 Å². The first-order valence-electron chi connectivity index (χ1n) is 8.64. The molecular weight excluding hydrogens is 392 g/mol. The average molecular weight is 408 g/mol. The van der Waals surface area contributed by atoms with Crippen LogP contribution in [0.1, 0.15) is 0 Å². The van der Waals surface area contributed by atoms with Crippen molar-refractivity contribution < 1.29 is 13.2 Å². The van der Waals surface area contributed by atoms with Crippen molar-refractivity contribution in [3.8, 4) is 11.4 Å². The fourth-order valence-corrected chi connectivity index (χ4v) is 3.59. The third-order valence-electron chi connectivity index (χ3n) is 4.13. The highest BCUT2D eigenvalue weighted by Crippen LogP contribution is 2.18. The summed E-state index contributed by atoms with van der Waals surface area (Å²) in [5.74, 6) is -0.262. The van der Waals surface area contributed by atoms with Gasteiger partial charge in [-0.1, -0.05) is 60.7 Å². The predicted molar refractivity (Wildman–Crippen MR) is 106 cm³/mol. The van der Waals surface area contributed by atoms with Crippen LogP contribution in [0.2, 0.25) is 0 Å². The number of hydrogen-bond acceptors (Lipinski definition) is 6. The first-order chi connectivity index (χ1) is 14.0. The van der Waals surface area contributed by atoms with Crippen molar-refractivity contribution in [3.63, 3.8) is 0 Å². The Balaban J connectivity index is 1.40. The van der Waals surface area contributed by atoms with E-state index in [0.717, 1.165) is 21.1 Å². The molecule has 3 aromatic carbocycles. The Morgan fingerprint density at radius 3 is 2.45 bits per heavy atom. The van der Waals surface area contributed by atoms with Gasteiger partial charge >= 0.3 is 0 Å². The van der Waals surface area contributed by atoms with E-state index in [-0.39, 0.29) is 11.4 Å². The first kappa shape index (κ1) is 18.7. The zero-order valence-electron chi connectivity index (χ0n) is 15.1. The molecule has 29 heavy (non-hydrogen) atoms. The predicted octanol–water partition coefficient (Wildman–Crippen LogP) is 1.50. The van der Waals surface area contributed by atoms with E-state index in [9.17, 15) is 13.2 Å². The molecule has 1 heterocycles. The van der Waals surface area contributed by atoms with Crippen molar-refractivity contribution in [2.75, 3.05) is 0 Å². The van der Waals surface area contributed by atoms with Crippen LogP contribution in [0.15, 0.2) is 77.7 Å². The summed E-state index contributed by atoms with van der Waals surface area (Å²) >= 11 is 0. The minimum atomic E-state index is -3.92. The van der Waals surface area contributed by atoms with Crippen LogP contribution < -0.4 is 10.3 Å². The molecule has 1 aromatic heterocycles. The van der Waals surface area contributed by atoms with E-state index in [2.05, 4.69) is 25.7 Å². The summed E-state index contributed by atoms with van der Waals surface area (Å²) in [4.78, 5) is 15.3. The SMILES string of the molecule is O=C(Cn1nnc(-c2ccccc2)n1)NNS(=O)(=O)c1ccc2ccccc2c1. The number of carbonyl (C=O) groups is 1. The van der Waals surface area contributed by atoms with Gasteiger partial charge in [0, 0.05) is 5.56 Å². The van der Waals surface area contributed by atoms with Crippen LogP contribution in [0.5, 0.6) is 0 Å². The lowest BCUT2D eigenvalue weighted by Crippen LogP contribution is -2.43. The number of amides is 1. The summed E-state index contributed by atoms with van der Waals surface area (Å²) in [5, 5.41) is 13.5. The Morgan fingerprint density at radius 1 is 0.931 bits per heavy atom. The zero-order chi connectivity index (χ0) is 20.3. The van der Waals surface area contributed by atoms with Gasteiger partial charge in [0.05, 0.1) is 4.90 Å². The maximum Gasteiger partial charge on any atom is 0.258 e. The third-order valence-corrected chi connectivity index (χ3v) is 5.37. The molecule has 0 radical (unpaired) electrons. The number of benzene rings is 3. The quantitative estimate of drug-likeness (QED) is 0.467. The maximum absolute atomic E-state index is 12.4. The smallest absolute Gasteiger partial charge is 0.258 e. The van der Waals surface area contributed by atoms with Crippen LogP contribution >= 0.6 is 0 Å². The molecule has 4 rings (SSSR count). The van der Waals surface area contributed by atoms with Gasteiger partial charge in [0.2, 0.25) is 5.82 Å². The topological polar surface area (TPSA) is 119 Å². The van der Waals surface area contributed by atoms with E-state index in [1.165, 1.54) is 12.1 Å². The van der Waals surface area contributed by atoms with Crippen LogP contribution in [-0.2, 0) is 21.4 Å². The normalized spacial score (nSPS) is 11.4. The van der Waals surface area contributed by atoms with Gasteiger partial charge in [0.15, 0.2) is 0 Å². The van der Waals surface area contributed by atoms with Gasteiger partial charge in [0.1, 0.15) is 6.54 Å². The Kier molecular flexibility index (Phi) is 5.02. The lowest BCUT2D eigenvalue weighted by atomic mass is 10.1. The summed E-state index contributed by atoms with van der Waals surface area (Å²) in [6, 6.07) is 21.3. The molecule has 0 saturated heterocycles. The number of nitrogens with zero attached hydrogens (tertiary/aromatic N) is 4. The second kappa shape index (κ2) is 7.78. The molecule has 9 nitrogen and oxygen atoms in total. The highest BCUT2D eigenvalue weighted by Gasteiger charge is 2.16. The molecule has 0 bridgehead atoms. The van der Waals surface area contributed by atoms with Crippen molar-refractivity contribution in [3.05, 3.63) is 72.8 Å². The Labute approximate surface area is 166 Å². The maximum atomic E-state index is 12.4. The number of tetrazole rings is 1. The molecule has 1 amide bonds. The Bertz CT molecular complexity index is 1270. The van der Waals surface area contributed by atoms with Crippen LogP contribution in [0.3, 0.4) is 0 Å².